The molecule has 0 aromatic heterocycles. The lowest BCUT2D eigenvalue weighted by Gasteiger charge is -2.17. The molecule has 0 aromatic carbocycles. The Morgan fingerprint density at radius 2 is 1.67 bits per heavy atom. The number of hydrogen-bond acceptors (Lipinski definition) is 1. The van der Waals surface area contributed by atoms with Crippen LogP contribution in [-0.4, -0.2) is 20.3 Å². The molecule has 0 saturated carbocycles. The fourth-order valence-corrected chi connectivity index (χ4v) is 1.16. The Kier molecular flexibility index (Phi) is 4.02. The molecule has 0 N–H and O–H groups in total. The van der Waals surface area contributed by atoms with Gasteiger partial charge in [0, 0.05) is 0 Å². The van der Waals surface area contributed by atoms with Crippen LogP contribution in [-0.2, 0) is 4.74 Å². The quantitative estimate of drug-likeness (QED) is 0.450. The van der Waals surface area contributed by atoms with Crippen LogP contribution in [0.5, 0.6) is 0 Å². The van der Waals surface area contributed by atoms with Crippen LogP contribution in [0.1, 0.15) is 20.8 Å². The second-order valence-corrected chi connectivity index (χ2v) is 9.70. The summed E-state index contributed by atoms with van der Waals surface area (Å²) in [5.41, 5.74) is 3.20. The van der Waals surface area contributed by atoms with E-state index in [2.05, 4.69) is 31.1 Å². The zero-order chi connectivity index (χ0) is 9.83. The molecule has 0 heterocycles. The van der Waals surface area contributed by atoms with Crippen LogP contribution in [0.2, 0.25) is 19.6 Å². The van der Waals surface area contributed by atoms with Gasteiger partial charge in [0.2, 0.25) is 0 Å². The number of rotatable bonds is 1. The molecule has 0 aliphatic heterocycles. The molecule has 1 nitrogen and oxygen atoms in total. The minimum absolute atomic E-state index is 0.0614. The summed E-state index contributed by atoms with van der Waals surface area (Å²) < 4.78 is 5.47. The van der Waals surface area contributed by atoms with Crippen LogP contribution in [0.3, 0.4) is 0 Å². The highest BCUT2D eigenvalue weighted by molar-refractivity contribution is 6.83. The lowest BCUT2D eigenvalue weighted by atomic mass is 10.2. The molecular formula is C10H20OSi. The Balaban J connectivity index is 3.75. The van der Waals surface area contributed by atoms with Crippen molar-refractivity contribution < 1.29 is 4.74 Å². The fraction of sp³-hybridized carbons (Fsp3) is 0.800. The molecule has 0 rings (SSSR count). The summed E-state index contributed by atoms with van der Waals surface area (Å²) in [6.45, 7) is 13.4. The molecule has 2 heteroatoms. The maximum atomic E-state index is 5.47. The van der Waals surface area contributed by atoms with Gasteiger partial charge in [0.05, 0.1) is 5.60 Å². The molecule has 0 aliphatic rings. The summed E-state index contributed by atoms with van der Waals surface area (Å²) >= 11 is 0. The summed E-state index contributed by atoms with van der Waals surface area (Å²) in [4.78, 5) is 0. The van der Waals surface area contributed by atoms with Gasteiger partial charge >= 0.3 is 0 Å². The summed E-state index contributed by atoms with van der Waals surface area (Å²) in [6, 6.07) is 0. The van der Waals surface area contributed by atoms with Gasteiger partial charge in [-0.1, -0.05) is 25.6 Å². The Hall–Kier alpha value is -0.263. The fourth-order valence-electron chi connectivity index (χ4n) is 0.554. The minimum atomic E-state index is -1.19. The third kappa shape index (κ3) is 9.74. The van der Waals surface area contributed by atoms with Crippen molar-refractivity contribution in [3.63, 3.8) is 0 Å². The third-order valence-corrected chi connectivity index (χ3v) is 1.97. The Morgan fingerprint density at radius 1 is 1.17 bits per heavy atom. The van der Waals surface area contributed by atoms with Crippen LogP contribution in [0.4, 0.5) is 0 Å². The average molecular weight is 184 g/mol. The molecule has 0 spiro atoms. The van der Waals surface area contributed by atoms with Crippen LogP contribution in [0.15, 0.2) is 0 Å². The molecule has 12 heavy (non-hydrogen) atoms. The summed E-state index contributed by atoms with van der Waals surface area (Å²) in [7, 11) is -1.19. The zero-order valence-electron chi connectivity index (χ0n) is 9.12. The van der Waals surface area contributed by atoms with E-state index in [1.54, 1.807) is 0 Å². The second kappa shape index (κ2) is 4.11. The van der Waals surface area contributed by atoms with Crippen molar-refractivity contribution in [2.24, 2.45) is 0 Å². The highest BCUT2D eigenvalue weighted by Crippen LogP contribution is 2.05. The third-order valence-electron chi connectivity index (χ3n) is 1.04. The normalized spacial score (nSPS) is 12.2. The number of ether oxygens (including phenoxy) is 1. The Morgan fingerprint density at radius 3 is 2.00 bits per heavy atom. The molecule has 0 bridgehead atoms. The van der Waals surface area contributed by atoms with E-state index in [-0.39, 0.29) is 5.60 Å². The van der Waals surface area contributed by atoms with Crippen molar-refractivity contribution >= 4 is 8.07 Å². The molecule has 70 valence electrons. The largest absolute Gasteiger partial charge is 0.363 e. The van der Waals surface area contributed by atoms with E-state index in [1.807, 2.05) is 20.8 Å². The van der Waals surface area contributed by atoms with Crippen LogP contribution < -0.4 is 0 Å². The maximum absolute atomic E-state index is 5.47. The van der Waals surface area contributed by atoms with E-state index in [9.17, 15) is 0 Å². The van der Waals surface area contributed by atoms with Crippen molar-refractivity contribution in [3.05, 3.63) is 0 Å². The van der Waals surface area contributed by atoms with E-state index < -0.39 is 8.07 Å². The van der Waals surface area contributed by atoms with E-state index in [0.29, 0.717) is 6.61 Å². The van der Waals surface area contributed by atoms with Crippen molar-refractivity contribution in [2.75, 3.05) is 6.61 Å². The van der Waals surface area contributed by atoms with Gasteiger partial charge in [-0.15, -0.1) is 5.54 Å². The highest BCUT2D eigenvalue weighted by Gasteiger charge is 2.09. The molecule has 0 radical (unpaired) electrons. The maximum Gasteiger partial charge on any atom is 0.129 e. The summed E-state index contributed by atoms with van der Waals surface area (Å²) in [5, 5.41) is 0. The Bertz CT molecular complexity index is 185. The first kappa shape index (κ1) is 11.7. The van der Waals surface area contributed by atoms with Gasteiger partial charge < -0.3 is 4.74 Å². The molecule has 0 aliphatic carbocycles. The van der Waals surface area contributed by atoms with Crippen LogP contribution >= 0.6 is 0 Å². The Labute approximate surface area is 77.5 Å². The van der Waals surface area contributed by atoms with Gasteiger partial charge in [-0.25, -0.2) is 0 Å². The molecule has 0 fully saturated rings. The molecule has 0 amide bonds. The first-order valence-electron chi connectivity index (χ1n) is 4.35. The zero-order valence-corrected chi connectivity index (χ0v) is 10.1. The summed E-state index contributed by atoms with van der Waals surface area (Å²) in [5.74, 6) is 3.07. The van der Waals surface area contributed by atoms with Gasteiger partial charge in [-0.3, -0.25) is 0 Å². The van der Waals surface area contributed by atoms with Crippen molar-refractivity contribution in [3.8, 4) is 11.5 Å². The second-order valence-electron chi connectivity index (χ2n) is 4.95. The predicted molar refractivity (Wildman–Crippen MR) is 56.8 cm³/mol. The molecule has 0 saturated heterocycles. The van der Waals surface area contributed by atoms with Gasteiger partial charge in [0.25, 0.3) is 0 Å². The van der Waals surface area contributed by atoms with Gasteiger partial charge in [-0.2, -0.15) is 0 Å². The molecule has 0 unspecified atom stereocenters. The summed E-state index contributed by atoms with van der Waals surface area (Å²) in [6.07, 6.45) is 0. The lowest BCUT2D eigenvalue weighted by molar-refractivity contribution is 0.0181. The first-order valence-corrected chi connectivity index (χ1v) is 7.85. The minimum Gasteiger partial charge on any atom is -0.363 e. The SMILES string of the molecule is CC(C)(C)OCC#C[Si](C)(C)C. The van der Waals surface area contributed by atoms with E-state index in [0.717, 1.165) is 0 Å². The number of hydrogen-bond donors (Lipinski definition) is 0. The van der Waals surface area contributed by atoms with E-state index in [1.165, 1.54) is 0 Å². The molecule has 0 aromatic rings. The standard InChI is InChI=1S/C10H20OSi/c1-10(2,3)11-8-7-9-12(4,5)6/h8H2,1-6H3. The first-order chi connectivity index (χ1) is 5.21. The monoisotopic (exact) mass is 184 g/mol. The van der Waals surface area contributed by atoms with Crippen molar-refractivity contribution in [1.82, 2.24) is 0 Å². The highest BCUT2D eigenvalue weighted by atomic mass is 28.3. The topological polar surface area (TPSA) is 9.23 Å². The van der Waals surface area contributed by atoms with Gasteiger partial charge in [-0.05, 0) is 20.8 Å². The van der Waals surface area contributed by atoms with Crippen molar-refractivity contribution in [2.45, 2.75) is 46.0 Å². The smallest absolute Gasteiger partial charge is 0.129 e. The molecular weight excluding hydrogens is 164 g/mol. The molecule has 0 atom stereocenters. The average Bonchev–Trinajstić information content (AvgIpc) is 1.76. The lowest BCUT2D eigenvalue weighted by Crippen LogP contribution is -2.20. The van der Waals surface area contributed by atoms with E-state index in [4.69, 9.17) is 4.74 Å². The van der Waals surface area contributed by atoms with E-state index >= 15 is 0 Å². The van der Waals surface area contributed by atoms with Gasteiger partial charge in [0.15, 0.2) is 0 Å². The van der Waals surface area contributed by atoms with Crippen LogP contribution in [0, 0.1) is 11.5 Å². The van der Waals surface area contributed by atoms with Crippen molar-refractivity contribution in [1.29, 1.82) is 0 Å². The van der Waals surface area contributed by atoms with Crippen LogP contribution in [0.25, 0.3) is 0 Å². The van der Waals surface area contributed by atoms with Gasteiger partial charge in [0.1, 0.15) is 14.7 Å². The predicted octanol–water partition coefficient (Wildman–Crippen LogP) is 2.68.